The Hall–Kier alpha value is -0.320. The van der Waals surface area contributed by atoms with Gasteiger partial charge in [-0.1, -0.05) is 6.92 Å². The van der Waals surface area contributed by atoms with E-state index in [2.05, 4.69) is 11.8 Å². The lowest BCUT2D eigenvalue weighted by atomic mass is 9.42. The van der Waals surface area contributed by atoms with E-state index in [9.17, 15) is 10.2 Å². The van der Waals surface area contributed by atoms with Crippen molar-refractivity contribution < 1.29 is 33.9 Å². The van der Waals surface area contributed by atoms with Gasteiger partial charge in [0.1, 0.15) is 11.2 Å². The molecule has 194 valence electrons. The lowest BCUT2D eigenvalue weighted by molar-refractivity contribution is -0.320. The van der Waals surface area contributed by atoms with Crippen molar-refractivity contribution in [1.82, 2.24) is 4.90 Å². The molecule has 0 aromatic rings. The highest BCUT2D eigenvalue weighted by Crippen LogP contribution is 2.80. The van der Waals surface area contributed by atoms with Crippen molar-refractivity contribution >= 4 is 0 Å². The third-order valence-electron chi connectivity index (χ3n) is 11.7. The van der Waals surface area contributed by atoms with Crippen molar-refractivity contribution in [2.24, 2.45) is 34.5 Å². The quantitative estimate of drug-likeness (QED) is 0.555. The van der Waals surface area contributed by atoms with Crippen LogP contribution in [-0.4, -0.2) is 112 Å². The van der Waals surface area contributed by atoms with Gasteiger partial charge in [-0.05, 0) is 31.7 Å². The molecule has 1 heterocycles. The van der Waals surface area contributed by atoms with Crippen molar-refractivity contribution in [3.05, 3.63) is 0 Å². The lowest BCUT2D eigenvalue weighted by Gasteiger charge is -2.70. The molecule has 0 amide bonds. The molecule has 1 saturated heterocycles. The van der Waals surface area contributed by atoms with Gasteiger partial charge in [0.05, 0.1) is 37.1 Å². The fraction of sp³-hybridized carbons (Fsp3) is 1.00. The number of likely N-dealkylation sites (N-methyl/N-ethyl adjacent to an activating group) is 1. The number of likely N-dealkylation sites (tertiary alicyclic amines) is 1. The third kappa shape index (κ3) is 2.27. The molecule has 0 aromatic carbocycles. The molecule has 6 aliphatic rings. The van der Waals surface area contributed by atoms with Crippen LogP contribution >= 0.6 is 0 Å². The first kappa shape index (κ1) is 24.0. The standard InChI is InChI=1S/C26H43NO7/c1-7-27-12-23(13-30-2)9-8-17(32-4)25-15-10-14-16(31-3)11-24(28,18(15)19(14)33-5)26(29,22(25)27)21(34-6)20(23)25/h14-22,28-29H,7-13H2,1-6H3/t14-,15-,16+,17+,18-,19+,20-,21+,22+,23+,24-,25+,26+/m1/s1. The SMILES string of the molecule is CCN1C[C@]2(COC)CC[C@H](OC)[C@@]34[C@@H]5C[C@H]6[C@H](OC)[C@@H]5[C@](O)(C[C@@H]6OC)[C@](O)([C@@H](OC)[C@H]23)[C@@H]14. The average Bonchev–Trinajstić information content (AvgIpc) is 3.25. The minimum absolute atomic E-state index is 0.0262. The van der Waals surface area contributed by atoms with Crippen LogP contribution in [0.25, 0.3) is 0 Å². The second-order valence-electron chi connectivity index (χ2n) is 12.1. The molecule has 1 aliphatic heterocycles. The van der Waals surface area contributed by atoms with Crippen molar-refractivity contribution in [1.29, 1.82) is 0 Å². The summed E-state index contributed by atoms with van der Waals surface area (Å²) < 4.78 is 30.7. The molecule has 5 saturated carbocycles. The van der Waals surface area contributed by atoms with Crippen LogP contribution < -0.4 is 0 Å². The minimum Gasteiger partial charge on any atom is -0.386 e. The normalized spacial score (nSPS) is 59.5. The zero-order valence-corrected chi connectivity index (χ0v) is 21.5. The molecule has 6 fully saturated rings. The predicted octanol–water partition coefficient (Wildman–Crippen LogP) is 0.925. The van der Waals surface area contributed by atoms with Crippen molar-refractivity contribution in [3.8, 4) is 0 Å². The first-order valence-electron chi connectivity index (χ1n) is 13.1. The molecule has 2 N–H and O–H groups in total. The molecular weight excluding hydrogens is 438 g/mol. The number of aliphatic hydroxyl groups is 2. The predicted molar refractivity (Wildman–Crippen MR) is 123 cm³/mol. The number of hydrogen-bond acceptors (Lipinski definition) is 8. The van der Waals surface area contributed by atoms with Gasteiger partial charge >= 0.3 is 0 Å². The third-order valence-corrected chi connectivity index (χ3v) is 11.7. The maximum Gasteiger partial charge on any atom is 0.136 e. The number of piperidine rings is 1. The number of methoxy groups -OCH3 is 5. The number of fused-ring (bicyclic) bond motifs is 2. The fourth-order valence-corrected chi connectivity index (χ4v) is 11.3. The Balaban J connectivity index is 1.67. The van der Waals surface area contributed by atoms with Gasteiger partial charge in [0.15, 0.2) is 0 Å². The summed E-state index contributed by atoms with van der Waals surface area (Å²) in [5, 5.41) is 25.9. The summed E-state index contributed by atoms with van der Waals surface area (Å²) in [6.07, 6.45) is 2.30. The Morgan fingerprint density at radius 3 is 2.35 bits per heavy atom. The Bertz CT molecular complexity index is 829. The van der Waals surface area contributed by atoms with Crippen LogP contribution in [0.3, 0.4) is 0 Å². The Kier molecular flexibility index (Phi) is 5.38. The Morgan fingerprint density at radius 1 is 1.00 bits per heavy atom. The maximum atomic E-state index is 13.1. The van der Waals surface area contributed by atoms with Crippen molar-refractivity contribution in [2.45, 2.75) is 74.3 Å². The summed E-state index contributed by atoms with van der Waals surface area (Å²) in [6, 6.07) is -0.256. The average molecular weight is 482 g/mol. The van der Waals surface area contributed by atoms with Crippen LogP contribution in [0.15, 0.2) is 0 Å². The first-order chi connectivity index (χ1) is 16.3. The summed E-state index contributed by atoms with van der Waals surface area (Å²) in [5.41, 5.74) is -3.38. The maximum absolute atomic E-state index is 13.1. The molecule has 7 bridgehead atoms. The van der Waals surface area contributed by atoms with Crippen LogP contribution in [-0.2, 0) is 23.7 Å². The zero-order valence-electron chi connectivity index (χ0n) is 21.5. The van der Waals surface area contributed by atoms with E-state index in [1.165, 1.54) is 0 Å². The lowest BCUT2D eigenvalue weighted by Crippen LogP contribution is -2.82. The van der Waals surface area contributed by atoms with Crippen LogP contribution in [0, 0.1) is 34.5 Å². The molecular formula is C26H43NO7. The molecule has 8 nitrogen and oxygen atoms in total. The summed E-state index contributed by atoms with van der Waals surface area (Å²) in [5.74, 6) is 0.165. The van der Waals surface area contributed by atoms with E-state index < -0.39 is 17.3 Å². The van der Waals surface area contributed by atoms with E-state index in [0.29, 0.717) is 13.0 Å². The first-order valence-corrected chi connectivity index (χ1v) is 13.1. The van der Waals surface area contributed by atoms with E-state index in [1.54, 1.807) is 28.4 Å². The molecule has 0 unspecified atom stereocenters. The van der Waals surface area contributed by atoms with Crippen LogP contribution in [0.1, 0.15) is 32.6 Å². The topological polar surface area (TPSA) is 89.9 Å². The molecule has 1 spiro atoms. The largest absolute Gasteiger partial charge is 0.386 e. The fourth-order valence-electron chi connectivity index (χ4n) is 11.3. The van der Waals surface area contributed by atoms with Gasteiger partial charge in [-0.15, -0.1) is 0 Å². The van der Waals surface area contributed by atoms with Crippen LogP contribution in [0.4, 0.5) is 0 Å². The number of rotatable bonds is 7. The minimum atomic E-state index is -1.47. The smallest absolute Gasteiger partial charge is 0.136 e. The zero-order chi connectivity index (χ0) is 24.3. The second kappa shape index (κ2) is 7.60. The molecule has 13 atom stereocenters. The molecule has 0 radical (unpaired) electrons. The van der Waals surface area contributed by atoms with Crippen molar-refractivity contribution in [3.63, 3.8) is 0 Å². The Morgan fingerprint density at radius 2 is 1.76 bits per heavy atom. The number of nitrogens with zero attached hydrogens (tertiary/aromatic N) is 1. The highest BCUT2D eigenvalue weighted by atomic mass is 16.5. The molecule has 5 aliphatic carbocycles. The van der Waals surface area contributed by atoms with Crippen LogP contribution in [0.5, 0.6) is 0 Å². The summed E-state index contributed by atoms with van der Waals surface area (Å²) in [6.45, 7) is 4.41. The van der Waals surface area contributed by atoms with E-state index in [4.69, 9.17) is 23.7 Å². The second-order valence-corrected chi connectivity index (χ2v) is 12.1. The van der Waals surface area contributed by atoms with Gasteiger partial charge in [-0.25, -0.2) is 0 Å². The molecule has 6 rings (SSSR count). The van der Waals surface area contributed by atoms with Crippen LogP contribution in [0.2, 0.25) is 0 Å². The Labute approximate surface area is 203 Å². The van der Waals surface area contributed by atoms with E-state index in [1.807, 2.05) is 7.11 Å². The van der Waals surface area contributed by atoms with E-state index in [0.717, 1.165) is 32.4 Å². The number of ether oxygens (including phenoxy) is 5. The summed E-state index contributed by atoms with van der Waals surface area (Å²) in [7, 11) is 8.77. The number of hydrogen-bond donors (Lipinski definition) is 2. The summed E-state index contributed by atoms with van der Waals surface area (Å²) >= 11 is 0. The van der Waals surface area contributed by atoms with E-state index >= 15 is 0 Å². The highest BCUT2D eigenvalue weighted by Gasteiger charge is 2.91. The molecule has 34 heavy (non-hydrogen) atoms. The van der Waals surface area contributed by atoms with Gasteiger partial charge in [0, 0.05) is 77.1 Å². The highest BCUT2D eigenvalue weighted by molar-refractivity contribution is 5.41. The summed E-state index contributed by atoms with van der Waals surface area (Å²) in [4.78, 5) is 2.43. The molecule has 8 heteroatoms. The van der Waals surface area contributed by atoms with Gasteiger partial charge in [0.2, 0.25) is 0 Å². The van der Waals surface area contributed by atoms with Gasteiger partial charge in [-0.2, -0.15) is 0 Å². The van der Waals surface area contributed by atoms with Gasteiger partial charge in [-0.3, -0.25) is 4.90 Å². The molecule has 0 aromatic heterocycles. The van der Waals surface area contributed by atoms with Gasteiger partial charge < -0.3 is 33.9 Å². The van der Waals surface area contributed by atoms with Gasteiger partial charge in [0.25, 0.3) is 0 Å². The monoisotopic (exact) mass is 481 g/mol. The van der Waals surface area contributed by atoms with Crippen molar-refractivity contribution in [2.75, 3.05) is 55.2 Å². The van der Waals surface area contributed by atoms with E-state index in [-0.39, 0.29) is 58.9 Å².